The number of fused-ring (bicyclic) bond motifs is 1. The van der Waals surface area contributed by atoms with Crippen LogP contribution in [-0.2, 0) is 10.2 Å². The van der Waals surface area contributed by atoms with Gasteiger partial charge in [0, 0.05) is 6.07 Å². The Morgan fingerprint density at radius 3 is 2.76 bits per heavy atom. The van der Waals surface area contributed by atoms with Crippen molar-refractivity contribution in [3.05, 3.63) is 21.9 Å². The number of carbonyl (C=O) groups is 1. The predicted molar refractivity (Wildman–Crippen MR) is 58.8 cm³/mol. The van der Waals surface area contributed by atoms with E-state index >= 15 is 0 Å². The van der Waals surface area contributed by atoms with Crippen LogP contribution in [0.4, 0.5) is 4.39 Å². The van der Waals surface area contributed by atoms with Crippen LogP contribution in [0.1, 0.15) is 18.4 Å². The molecule has 1 heterocycles. The third kappa shape index (κ3) is 1.36. The van der Waals surface area contributed by atoms with Crippen molar-refractivity contribution < 1.29 is 23.8 Å². The molecule has 0 atom stereocenters. The highest BCUT2D eigenvalue weighted by atomic mass is 79.9. The second-order valence-corrected chi connectivity index (χ2v) is 5.02. The van der Waals surface area contributed by atoms with Gasteiger partial charge in [-0.3, -0.25) is 4.79 Å². The van der Waals surface area contributed by atoms with Crippen LogP contribution in [0.3, 0.4) is 0 Å². The lowest BCUT2D eigenvalue weighted by Crippen LogP contribution is -2.21. The Labute approximate surface area is 104 Å². The van der Waals surface area contributed by atoms with Gasteiger partial charge in [0.15, 0.2) is 11.5 Å². The van der Waals surface area contributed by atoms with Crippen LogP contribution in [0.2, 0.25) is 0 Å². The van der Waals surface area contributed by atoms with E-state index in [2.05, 4.69) is 15.9 Å². The van der Waals surface area contributed by atoms with Crippen LogP contribution >= 0.6 is 15.9 Å². The molecule has 4 nitrogen and oxygen atoms in total. The lowest BCUT2D eigenvalue weighted by Gasteiger charge is -2.14. The molecule has 0 aromatic heterocycles. The normalized spacial score (nSPS) is 19.2. The van der Waals surface area contributed by atoms with Crippen LogP contribution in [0.15, 0.2) is 10.5 Å². The number of aliphatic carboxylic acids is 1. The van der Waals surface area contributed by atoms with Crippen molar-refractivity contribution in [2.45, 2.75) is 18.3 Å². The van der Waals surface area contributed by atoms with Gasteiger partial charge in [-0.2, -0.15) is 0 Å². The first-order chi connectivity index (χ1) is 8.06. The minimum Gasteiger partial charge on any atom is -0.481 e. The second kappa shape index (κ2) is 3.35. The number of hydrogen-bond donors (Lipinski definition) is 1. The fraction of sp³-hybridized carbons (Fsp3) is 0.364. The molecule has 1 fully saturated rings. The van der Waals surface area contributed by atoms with E-state index in [0.717, 1.165) is 0 Å². The monoisotopic (exact) mass is 302 g/mol. The first-order valence-corrected chi connectivity index (χ1v) is 5.87. The first-order valence-electron chi connectivity index (χ1n) is 5.08. The summed E-state index contributed by atoms with van der Waals surface area (Å²) in [6, 6.07) is 1.46. The summed E-state index contributed by atoms with van der Waals surface area (Å²) in [6.45, 7) is -0.00603. The quantitative estimate of drug-likeness (QED) is 0.911. The van der Waals surface area contributed by atoms with Crippen LogP contribution in [-0.4, -0.2) is 17.9 Å². The smallest absolute Gasteiger partial charge is 0.314 e. The maximum atomic E-state index is 14.1. The van der Waals surface area contributed by atoms with Gasteiger partial charge in [0.2, 0.25) is 6.79 Å². The second-order valence-electron chi connectivity index (χ2n) is 4.17. The summed E-state index contributed by atoms with van der Waals surface area (Å²) in [6.07, 6.45) is 0.844. The van der Waals surface area contributed by atoms with Gasteiger partial charge in [0.1, 0.15) is 5.82 Å². The summed E-state index contributed by atoms with van der Waals surface area (Å²) in [7, 11) is 0. The highest BCUT2D eigenvalue weighted by Gasteiger charge is 2.56. The number of hydrogen-bond acceptors (Lipinski definition) is 3. The Bertz CT molecular complexity index is 525. The lowest BCUT2D eigenvalue weighted by atomic mass is 9.94. The molecule has 0 amide bonds. The first kappa shape index (κ1) is 10.8. The average Bonchev–Trinajstić information content (AvgIpc) is 2.95. The lowest BCUT2D eigenvalue weighted by molar-refractivity contribution is -0.140. The molecule has 90 valence electrons. The van der Waals surface area contributed by atoms with E-state index in [1.807, 2.05) is 0 Å². The van der Waals surface area contributed by atoms with Crippen LogP contribution in [0.25, 0.3) is 0 Å². The summed E-state index contributed by atoms with van der Waals surface area (Å²) in [5, 5.41) is 9.23. The van der Waals surface area contributed by atoms with Gasteiger partial charge in [-0.15, -0.1) is 0 Å². The fourth-order valence-corrected chi connectivity index (χ4v) is 2.52. The molecule has 1 aromatic carbocycles. The number of rotatable bonds is 2. The van der Waals surface area contributed by atoms with Crippen molar-refractivity contribution >= 4 is 21.9 Å². The Kier molecular flexibility index (Phi) is 2.13. The van der Waals surface area contributed by atoms with E-state index in [9.17, 15) is 14.3 Å². The van der Waals surface area contributed by atoms with Crippen molar-refractivity contribution in [1.29, 1.82) is 0 Å². The molecule has 1 aliphatic heterocycles. The molecule has 0 saturated heterocycles. The van der Waals surface area contributed by atoms with E-state index < -0.39 is 17.2 Å². The van der Waals surface area contributed by atoms with Crippen LogP contribution in [0.5, 0.6) is 11.5 Å². The maximum Gasteiger partial charge on any atom is 0.314 e. The minimum absolute atomic E-state index is 0.00603. The summed E-state index contributed by atoms with van der Waals surface area (Å²) in [4.78, 5) is 11.3. The van der Waals surface area contributed by atoms with E-state index in [4.69, 9.17) is 9.47 Å². The Morgan fingerprint density at radius 1 is 1.47 bits per heavy atom. The molecule has 0 radical (unpaired) electrons. The Balaban J connectivity index is 2.26. The minimum atomic E-state index is -1.15. The zero-order valence-corrected chi connectivity index (χ0v) is 10.2. The van der Waals surface area contributed by atoms with E-state index in [1.165, 1.54) is 6.07 Å². The van der Waals surface area contributed by atoms with Gasteiger partial charge in [0.05, 0.1) is 15.5 Å². The topological polar surface area (TPSA) is 55.8 Å². The zero-order valence-electron chi connectivity index (χ0n) is 8.63. The Morgan fingerprint density at radius 2 is 2.18 bits per heavy atom. The predicted octanol–water partition coefficient (Wildman–Crippen LogP) is 2.43. The summed E-state index contributed by atoms with van der Waals surface area (Å²) in [5.74, 6) is -0.979. The molecule has 1 saturated carbocycles. The maximum absolute atomic E-state index is 14.1. The van der Waals surface area contributed by atoms with Crippen molar-refractivity contribution in [3.63, 3.8) is 0 Å². The third-order valence-electron chi connectivity index (χ3n) is 3.19. The molecule has 0 bridgehead atoms. The molecule has 1 N–H and O–H groups in total. The summed E-state index contributed by atoms with van der Waals surface area (Å²) >= 11 is 3.07. The molecule has 17 heavy (non-hydrogen) atoms. The summed E-state index contributed by atoms with van der Waals surface area (Å²) in [5.41, 5.74) is -1.04. The Hall–Kier alpha value is -1.30. The van der Waals surface area contributed by atoms with Gasteiger partial charge < -0.3 is 14.6 Å². The average molecular weight is 303 g/mol. The van der Waals surface area contributed by atoms with Gasteiger partial charge in [-0.1, -0.05) is 0 Å². The molecule has 6 heteroatoms. The molecule has 0 spiro atoms. The van der Waals surface area contributed by atoms with Gasteiger partial charge in [0.25, 0.3) is 0 Å². The molecule has 0 unspecified atom stereocenters. The van der Waals surface area contributed by atoms with Crippen molar-refractivity contribution in [1.82, 2.24) is 0 Å². The molecule has 2 aliphatic rings. The van der Waals surface area contributed by atoms with Gasteiger partial charge in [-0.05, 0) is 28.8 Å². The highest BCUT2D eigenvalue weighted by molar-refractivity contribution is 9.10. The third-order valence-corrected chi connectivity index (χ3v) is 3.77. The highest BCUT2D eigenvalue weighted by Crippen LogP contribution is 2.56. The van der Waals surface area contributed by atoms with Gasteiger partial charge >= 0.3 is 5.97 Å². The van der Waals surface area contributed by atoms with Crippen molar-refractivity contribution in [2.75, 3.05) is 6.79 Å². The van der Waals surface area contributed by atoms with E-state index in [1.54, 1.807) is 0 Å². The fourth-order valence-electron chi connectivity index (χ4n) is 2.11. The molecule has 1 aromatic rings. The number of carboxylic acid groups (broad SMARTS) is 1. The number of halogens is 2. The van der Waals surface area contributed by atoms with Crippen molar-refractivity contribution in [3.8, 4) is 11.5 Å². The number of carboxylic acids is 1. The molecule has 1 aliphatic carbocycles. The van der Waals surface area contributed by atoms with Gasteiger partial charge in [-0.25, -0.2) is 4.39 Å². The molecular formula is C11H8BrFO4. The van der Waals surface area contributed by atoms with Crippen molar-refractivity contribution in [2.24, 2.45) is 0 Å². The molecule has 3 rings (SSSR count). The van der Waals surface area contributed by atoms with Crippen LogP contribution < -0.4 is 9.47 Å². The zero-order chi connectivity index (χ0) is 12.2. The largest absolute Gasteiger partial charge is 0.481 e. The standard InChI is InChI=1S/C11H8BrFO4/c12-5-3-6-9(17-4-16-6)7(8(5)13)11(1-2-11)10(14)15/h3H,1-2,4H2,(H,14,15). The number of benzene rings is 1. The SMILES string of the molecule is O=C(O)C1(c2c(F)c(Br)cc3c2OCO3)CC1. The summed E-state index contributed by atoms with van der Waals surface area (Å²) < 4.78 is 24.7. The number of ether oxygens (including phenoxy) is 2. The van der Waals surface area contributed by atoms with E-state index in [0.29, 0.717) is 18.6 Å². The van der Waals surface area contributed by atoms with Crippen LogP contribution in [0, 0.1) is 5.82 Å². The molecular weight excluding hydrogens is 295 g/mol. The van der Waals surface area contributed by atoms with E-state index in [-0.39, 0.29) is 22.6 Å².